The van der Waals surface area contributed by atoms with Crippen molar-refractivity contribution in [3.63, 3.8) is 0 Å². The van der Waals surface area contributed by atoms with E-state index in [0.717, 1.165) is 28.7 Å². The average molecular weight is 282 g/mol. The maximum Gasteiger partial charge on any atom is 0.187 e. The van der Waals surface area contributed by atoms with E-state index in [0.29, 0.717) is 0 Å². The molecule has 2 aromatic heterocycles. The zero-order valence-electron chi connectivity index (χ0n) is 10.5. The summed E-state index contributed by atoms with van der Waals surface area (Å²) >= 11 is 1.70. The van der Waals surface area contributed by atoms with Crippen LogP contribution in [0.3, 0.4) is 0 Å². The summed E-state index contributed by atoms with van der Waals surface area (Å²) < 4.78 is 0. The van der Waals surface area contributed by atoms with Gasteiger partial charge in [0, 0.05) is 29.5 Å². The molecule has 2 heterocycles. The highest BCUT2D eigenvalue weighted by Gasteiger charge is 2.00. The van der Waals surface area contributed by atoms with Gasteiger partial charge in [-0.1, -0.05) is 11.8 Å². The second-order valence-electron chi connectivity index (χ2n) is 3.89. The minimum absolute atomic E-state index is 0. The first kappa shape index (κ1) is 14.9. The monoisotopic (exact) mass is 281 g/mol. The lowest BCUT2D eigenvalue weighted by Gasteiger charge is -2.03. The second kappa shape index (κ2) is 7.34. The van der Waals surface area contributed by atoms with Crippen LogP contribution in [-0.2, 0) is 6.42 Å². The Morgan fingerprint density at radius 2 is 1.67 bits per heavy atom. The third-order valence-electron chi connectivity index (χ3n) is 2.33. The van der Waals surface area contributed by atoms with Crippen LogP contribution >= 0.6 is 24.2 Å². The SMILES string of the molecule is Cc1cc(C)nc(SCCc2ccncc2)n1.Cl. The van der Waals surface area contributed by atoms with Crippen LogP contribution in [0.1, 0.15) is 17.0 Å². The quantitative estimate of drug-likeness (QED) is 0.637. The van der Waals surface area contributed by atoms with Gasteiger partial charge in [-0.15, -0.1) is 12.4 Å². The molecule has 18 heavy (non-hydrogen) atoms. The van der Waals surface area contributed by atoms with Crippen LogP contribution in [-0.4, -0.2) is 20.7 Å². The van der Waals surface area contributed by atoms with Crippen LogP contribution in [0.4, 0.5) is 0 Å². The molecule has 0 aliphatic carbocycles. The molecule has 0 aliphatic heterocycles. The van der Waals surface area contributed by atoms with Crippen molar-refractivity contribution in [1.29, 1.82) is 0 Å². The van der Waals surface area contributed by atoms with Crippen LogP contribution in [0.15, 0.2) is 35.7 Å². The van der Waals surface area contributed by atoms with Gasteiger partial charge in [0.05, 0.1) is 0 Å². The van der Waals surface area contributed by atoms with Gasteiger partial charge in [0.2, 0.25) is 0 Å². The molecule has 0 atom stereocenters. The molecule has 0 radical (unpaired) electrons. The van der Waals surface area contributed by atoms with E-state index in [1.54, 1.807) is 11.8 Å². The molecule has 3 nitrogen and oxygen atoms in total. The van der Waals surface area contributed by atoms with E-state index in [-0.39, 0.29) is 12.4 Å². The molecule has 0 N–H and O–H groups in total. The highest BCUT2D eigenvalue weighted by atomic mass is 35.5. The van der Waals surface area contributed by atoms with Crippen molar-refractivity contribution in [3.05, 3.63) is 47.5 Å². The van der Waals surface area contributed by atoms with Gasteiger partial charge in [-0.2, -0.15) is 0 Å². The molecular formula is C13H16ClN3S. The van der Waals surface area contributed by atoms with E-state index in [1.165, 1.54) is 5.56 Å². The number of aromatic nitrogens is 3. The van der Waals surface area contributed by atoms with E-state index in [9.17, 15) is 0 Å². The molecule has 96 valence electrons. The Bertz CT molecular complexity index is 471. The maximum atomic E-state index is 4.40. The first-order chi connectivity index (χ1) is 8.24. The number of halogens is 1. The number of aryl methyl sites for hydroxylation is 3. The van der Waals surface area contributed by atoms with E-state index < -0.39 is 0 Å². The number of thioether (sulfide) groups is 1. The number of hydrogen-bond acceptors (Lipinski definition) is 4. The normalized spacial score (nSPS) is 9.89. The highest BCUT2D eigenvalue weighted by Crippen LogP contribution is 2.15. The predicted molar refractivity (Wildman–Crippen MR) is 77.4 cm³/mol. The Morgan fingerprint density at radius 3 is 2.28 bits per heavy atom. The summed E-state index contributed by atoms with van der Waals surface area (Å²) in [6, 6.07) is 6.08. The Morgan fingerprint density at radius 1 is 1.06 bits per heavy atom. The molecule has 5 heteroatoms. The largest absolute Gasteiger partial charge is 0.265 e. The number of pyridine rings is 1. The first-order valence-corrected chi connectivity index (χ1v) is 6.56. The van der Waals surface area contributed by atoms with Gasteiger partial charge >= 0.3 is 0 Å². The summed E-state index contributed by atoms with van der Waals surface area (Å²) in [6.07, 6.45) is 4.67. The predicted octanol–water partition coefficient (Wildman–Crippen LogP) is 3.25. The van der Waals surface area contributed by atoms with Gasteiger partial charge in [-0.3, -0.25) is 4.98 Å². The maximum absolute atomic E-state index is 4.40. The molecule has 2 aromatic rings. The first-order valence-electron chi connectivity index (χ1n) is 5.58. The molecule has 0 saturated carbocycles. The van der Waals surface area contributed by atoms with Crippen LogP contribution in [0.5, 0.6) is 0 Å². The lowest BCUT2D eigenvalue weighted by molar-refractivity contribution is 0.900. The second-order valence-corrected chi connectivity index (χ2v) is 4.95. The molecule has 0 aromatic carbocycles. The minimum Gasteiger partial charge on any atom is -0.265 e. The van der Waals surface area contributed by atoms with Gasteiger partial charge in [-0.25, -0.2) is 9.97 Å². The summed E-state index contributed by atoms with van der Waals surface area (Å²) in [6.45, 7) is 4.00. The standard InChI is InChI=1S/C13H15N3S.ClH/c1-10-9-11(2)16-13(15-10)17-8-5-12-3-6-14-7-4-12;/h3-4,6-7,9H,5,8H2,1-2H3;1H. The van der Waals surface area contributed by atoms with Crippen molar-refractivity contribution in [1.82, 2.24) is 15.0 Å². The van der Waals surface area contributed by atoms with Gasteiger partial charge < -0.3 is 0 Å². The molecule has 0 spiro atoms. The summed E-state index contributed by atoms with van der Waals surface area (Å²) in [5.41, 5.74) is 3.37. The summed E-state index contributed by atoms with van der Waals surface area (Å²) in [7, 11) is 0. The van der Waals surface area contributed by atoms with Crippen LogP contribution < -0.4 is 0 Å². The van der Waals surface area contributed by atoms with Crippen molar-refractivity contribution >= 4 is 24.2 Å². The van der Waals surface area contributed by atoms with E-state index in [4.69, 9.17) is 0 Å². The number of hydrogen-bond donors (Lipinski definition) is 0. The Balaban J connectivity index is 0.00000162. The van der Waals surface area contributed by atoms with E-state index in [1.807, 2.05) is 44.4 Å². The van der Waals surface area contributed by atoms with Crippen molar-refractivity contribution in [2.24, 2.45) is 0 Å². The third-order valence-corrected chi connectivity index (χ3v) is 3.18. The van der Waals surface area contributed by atoms with Crippen molar-refractivity contribution in [3.8, 4) is 0 Å². The molecule has 0 unspecified atom stereocenters. The zero-order chi connectivity index (χ0) is 12.1. The van der Waals surface area contributed by atoms with Gasteiger partial charge in [0.25, 0.3) is 0 Å². The molecule has 0 saturated heterocycles. The van der Waals surface area contributed by atoms with Crippen molar-refractivity contribution in [2.45, 2.75) is 25.4 Å². The molecular weight excluding hydrogens is 266 g/mol. The van der Waals surface area contributed by atoms with Crippen LogP contribution in [0.2, 0.25) is 0 Å². The van der Waals surface area contributed by atoms with Gasteiger partial charge in [0.1, 0.15) is 0 Å². The van der Waals surface area contributed by atoms with Crippen LogP contribution in [0, 0.1) is 13.8 Å². The zero-order valence-corrected chi connectivity index (χ0v) is 12.1. The number of rotatable bonds is 4. The fourth-order valence-corrected chi connectivity index (χ4v) is 2.51. The Hall–Kier alpha value is -1.13. The molecule has 0 fully saturated rings. The molecule has 0 bridgehead atoms. The van der Waals surface area contributed by atoms with Crippen molar-refractivity contribution < 1.29 is 0 Å². The fraction of sp³-hybridized carbons (Fsp3) is 0.308. The fourth-order valence-electron chi connectivity index (χ4n) is 1.57. The summed E-state index contributed by atoms with van der Waals surface area (Å²) in [4.78, 5) is 12.8. The van der Waals surface area contributed by atoms with Gasteiger partial charge in [0.15, 0.2) is 5.16 Å². The summed E-state index contributed by atoms with van der Waals surface area (Å²) in [5, 5.41) is 0.872. The Kier molecular flexibility index (Phi) is 6.09. The topological polar surface area (TPSA) is 38.7 Å². The van der Waals surface area contributed by atoms with Crippen molar-refractivity contribution in [2.75, 3.05) is 5.75 Å². The lowest BCUT2D eigenvalue weighted by atomic mass is 10.2. The lowest BCUT2D eigenvalue weighted by Crippen LogP contribution is -1.95. The molecule has 2 rings (SSSR count). The summed E-state index contributed by atoms with van der Waals surface area (Å²) in [5.74, 6) is 0.993. The third kappa shape index (κ3) is 4.63. The molecule has 0 amide bonds. The smallest absolute Gasteiger partial charge is 0.187 e. The van der Waals surface area contributed by atoms with Gasteiger partial charge in [-0.05, 0) is 44.0 Å². The average Bonchev–Trinajstić information content (AvgIpc) is 2.29. The van der Waals surface area contributed by atoms with E-state index >= 15 is 0 Å². The molecule has 0 aliphatic rings. The Labute approximate surface area is 118 Å². The minimum atomic E-state index is 0. The van der Waals surface area contributed by atoms with E-state index in [2.05, 4.69) is 15.0 Å². The van der Waals surface area contributed by atoms with Crippen LogP contribution in [0.25, 0.3) is 0 Å². The highest BCUT2D eigenvalue weighted by molar-refractivity contribution is 7.99. The number of nitrogens with zero attached hydrogens (tertiary/aromatic N) is 3.